The summed E-state index contributed by atoms with van der Waals surface area (Å²) in [5.41, 5.74) is 1.13. The fourth-order valence-electron chi connectivity index (χ4n) is 1.19. The van der Waals surface area contributed by atoms with Crippen LogP contribution in [0.3, 0.4) is 0 Å². The van der Waals surface area contributed by atoms with Crippen molar-refractivity contribution in [1.29, 1.82) is 0 Å². The van der Waals surface area contributed by atoms with Gasteiger partial charge in [-0.1, -0.05) is 12.1 Å². The maximum absolute atomic E-state index is 11.6. The highest BCUT2D eigenvalue weighted by Crippen LogP contribution is 2.15. The average Bonchev–Trinajstić information content (AvgIpc) is 2.45. The second-order valence-electron chi connectivity index (χ2n) is 3.37. The SMILES string of the molecule is CCc1noc(C)c1C(=O)OC(C)C. The summed E-state index contributed by atoms with van der Waals surface area (Å²) in [4.78, 5) is 11.6. The first-order valence-electron chi connectivity index (χ1n) is 4.72. The average molecular weight is 197 g/mol. The summed E-state index contributed by atoms with van der Waals surface area (Å²) in [5.74, 6) is 0.170. The summed E-state index contributed by atoms with van der Waals surface area (Å²) in [5, 5.41) is 3.79. The van der Waals surface area contributed by atoms with Crippen LogP contribution in [0.4, 0.5) is 0 Å². The number of carbonyl (C=O) groups is 1. The van der Waals surface area contributed by atoms with Crippen LogP contribution in [0.25, 0.3) is 0 Å². The Morgan fingerprint density at radius 2 is 2.21 bits per heavy atom. The minimum atomic E-state index is -0.351. The predicted octanol–water partition coefficient (Wildman–Crippen LogP) is 2.11. The van der Waals surface area contributed by atoms with Gasteiger partial charge >= 0.3 is 5.97 Å². The molecule has 0 radical (unpaired) electrons. The summed E-state index contributed by atoms with van der Waals surface area (Å²) >= 11 is 0. The molecule has 4 nitrogen and oxygen atoms in total. The molecule has 0 aliphatic carbocycles. The van der Waals surface area contributed by atoms with Crippen LogP contribution >= 0.6 is 0 Å². The smallest absolute Gasteiger partial charge is 0.343 e. The number of esters is 1. The van der Waals surface area contributed by atoms with Gasteiger partial charge in [0, 0.05) is 0 Å². The summed E-state index contributed by atoms with van der Waals surface area (Å²) in [7, 11) is 0. The predicted molar refractivity (Wildman–Crippen MR) is 51.2 cm³/mol. The van der Waals surface area contributed by atoms with Crippen molar-refractivity contribution in [3.8, 4) is 0 Å². The molecular weight excluding hydrogens is 182 g/mol. The third-order valence-corrected chi connectivity index (χ3v) is 1.82. The van der Waals surface area contributed by atoms with E-state index in [0.29, 0.717) is 23.4 Å². The van der Waals surface area contributed by atoms with Crippen molar-refractivity contribution in [2.45, 2.75) is 40.2 Å². The lowest BCUT2D eigenvalue weighted by atomic mass is 10.1. The summed E-state index contributed by atoms with van der Waals surface area (Å²) < 4.78 is 10.0. The third-order valence-electron chi connectivity index (χ3n) is 1.82. The number of carbonyl (C=O) groups excluding carboxylic acids is 1. The van der Waals surface area contributed by atoms with Gasteiger partial charge in [0.15, 0.2) is 0 Å². The molecule has 1 rings (SSSR count). The van der Waals surface area contributed by atoms with E-state index in [1.165, 1.54) is 0 Å². The van der Waals surface area contributed by atoms with E-state index in [0.717, 1.165) is 0 Å². The number of hydrogen-bond donors (Lipinski definition) is 0. The van der Waals surface area contributed by atoms with Crippen LogP contribution in [0.1, 0.15) is 42.6 Å². The van der Waals surface area contributed by atoms with E-state index >= 15 is 0 Å². The van der Waals surface area contributed by atoms with Crippen LogP contribution in [0.5, 0.6) is 0 Å². The number of aryl methyl sites for hydroxylation is 2. The Labute approximate surface area is 83.2 Å². The number of rotatable bonds is 3. The van der Waals surface area contributed by atoms with E-state index in [1.54, 1.807) is 6.92 Å². The molecule has 0 amide bonds. The first-order chi connectivity index (χ1) is 6.56. The van der Waals surface area contributed by atoms with Gasteiger partial charge in [0.1, 0.15) is 11.3 Å². The molecule has 0 atom stereocenters. The first kappa shape index (κ1) is 10.8. The monoisotopic (exact) mass is 197 g/mol. The van der Waals surface area contributed by atoms with Gasteiger partial charge in [-0.25, -0.2) is 4.79 Å². The van der Waals surface area contributed by atoms with Crippen molar-refractivity contribution < 1.29 is 14.1 Å². The number of nitrogens with zero attached hydrogens (tertiary/aromatic N) is 1. The maximum Gasteiger partial charge on any atom is 0.343 e. The lowest BCUT2D eigenvalue weighted by molar-refractivity contribution is 0.0375. The van der Waals surface area contributed by atoms with Gasteiger partial charge in [0.25, 0.3) is 0 Å². The molecule has 0 N–H and O–H groups in total. The largest absolute Gasteiger partial charge is 0.459 e. The van der Waals surface area contributed by atoms with E-state index in [4.69, 9.17) is 9.26 Å². The lowest BCUT2D eigenvalue weighted by Crippen LogP contribution is -2.13. The molecule has 0 aliphatic heterocycles. The topological polar surface area (TPSA) is 52.3 Å². The van der Waals surface area contributed by atoms with Crippen LogP contribution in [-0.2, 0) is 11.2 Å². The molecule has 4 heteroatoms. The molecule has 0 spiro atoms. The van der Waals surface area contributed by atoms with Crippen molar-refractivity contribution in [3.63, 3.8) is 0 Å². The van der Waals surface area contributed by atoms with Crippen LogP contribution in [-0.4, -0.2) is 17.2 Å². The highest BCUT2D eigenvalue weighted by Gasteiger charge is 2.21. The lowest BCUT2D eigenvalue weighted by Gasteiger charge is -2.07. The van der Waals surface area contributed by atoms with Gasteiger partial charge in [-0.3, -0.25) is 0 Å². The minimum absolute atomic E-state index is 0.124. The zero-order chi connectivity index (χ0) is 10.7. The third kappa shape index (κ3) is 2.13. The van der Waals surface area contributed by atoms with Crippen LogP contribution in [0.2, 0.25) is 0 Å². The van der Waals surface area contributed by atoms with Gasteiger partial charge in [-0.05, 0) is 27.2 Å². The standard InChI is InChI=1S/C10H15NO3/c1-5-8-9(7(4)14-11-8)10(12)13-6(2)3/h6H,5H2,1-4H3. The molecule has 0 saturated heterocycles. The minimum Gasteiger partial charge on any atom is -0.459 e. The Morgan fingerprint density at radius 3 is 2.71 bits per heavy atom. The van der Waals surface area contributed by atoms with Crippen molar-refractivity contribution >= 4 is 5.97 Å². The van der Waals surface area contributed by atoms with Gasteiger partial charge in [0.2, 0.25) is 0 Å². The Bertz CT molecular complexity index is 328. The molecule has 0 unspecified atom stereocenters. The highest BCUT2D eigenvalue weighted by molar-refractivity contribution is 5.91. The van der Waals surface area contributed by atoms with Crippen LogP contribution in [0.15, 0.2) is 4.52 Å². The molecule has 0 saturated carbocycles. The zero-order valence-corrected chi connectivity index (χ0v) is 8.96. The van der Waals surface area contributed by atoms with E-state index in [9.17, 15) is 4.79 Å². The molecule has 1 aromatic heterocycles. The first-order valence-corrected chi connectivity index (χ1v) is 4.72. The molecule has 0 bridgehead atoms. The molecule has 14 heavy (non-hydrogen) atoms. The molecule has 0 aromatic carbocycles. The van der Waals surface area contributed by atoms with Gasteiger partial charge in [-0.15, -0.1) is 0 Å². The van der Waals surface area contributed by atoms with Crippen LogP contribution < -0.4 is 0 Å². The van der Waals surface area contributed by atoms with E-state index in [-0.39, 0.29) is 12.1 Å². The molecule has 1 heterocycles. The molecule has 78 valence electrons. The van der Waals surface area contributed by atoms with Crippen molar-refractivity contribution in [1.82, 2.24) is 5.16 Å². The van der Waals surface area contributed by atoms with Crippen molar-refractivity contribution in [2.24, 2.45) is 0 Å². The second kappa shape index (κ2) is 4.26. The second-order valence-corrected chi connectivity index (χ2v) is 3.37. The van der Waals surface area contributed by atoms with Crippen LogP contribution in [0, 0.1) is 6.92 Å². The summed E-state index contributed by atoms with van der Waals surface area (Å²) in [6.45, 7) is 7.26. The molecular formula is C10H15NO3. The van der Waals surface area contributed by atoms with Crippen molar-refractivity contribution in [3.05, 3.63) is 17.0 Å². The Morgan fingerprint density at radius 1 is 1.57 bits per heavy atom. The Hall–Kier alpha value is -1.32. The van der Waals surface area contributed by atoms with Gasteiger partial charge in [-0.2, -0.15) is 0 Å². The maximum atomic E-state index is 11.6. The Kier molecular flexibility index (Phi) is 3.28. The Balaban J connectivity index is 2.93. The van der Waals surface area contributed by atoms with Gasteiger partial charge < -0.3 is 9.26 Å². The van der Waals surface area contributed by atoms with E-state index in [1.807, 2.05) is 20.8 Å². The quantitative estimate of drug-likeness (QED) is 0.696. The fraction of sp³-hybridized carbons (Fsp3) is 0.600. The summed E-state index contributed by atoms with van der Waals surface area (Å²) in [6, 6.07) is 0. The fourth-order valence-corrected chi connectivity index (χ4v) is 1.19. The number of aromatic nitrogens is 1. The summed E-state index contributed by atoms with van der Waals surface area (Å²) in [6.07, 6.45) is 0.543. The molecule has 1 aromatic rings. The van der Waals surface area contributed by atoms with E-state index in [2.05, 4.69) is 5.16 Å². The van der Waals surface area contributed by atoms with Crippen molar-refractivity contribution in [2.75, 3.05) is 0 Å². The van der Waals surface area contributed by atoms with E-state index < -0.39 is 0 Å². The number of hydrogen-bond acceptors (Lipinski definition) is 4. The van der Waals surface area contributed by atoms with Gasteiger partial charge in [0.05, 0.1) is 11.8 Å². The zero-order valence-electron chi connectivity index (χ0n) is 8.96. The normalized spacial score (nSPS) is 10.6. The highest BCUT2D eigenvalue weighted by atomic mass is 16.5. The molecule has 0 aliphatic rings. The number of ether oxygens (including phenoxy) is 1. The molecule has 0 fully saturated rings.